The van der Waals surface area contributed by atoms with Gasteiger partial charge in [0.2, 0.25) is 0 Å². The minimum atomic E-state index is 0.0676. The lowest BCUT2D eigenvalue weighted by Gasteiger charge is -2.32. The topological polar surface area (TPSA) is 32.3 Å². The molecule has 1 saturated heterocycles. The normalized spacial score (nSPS) is 18.7. The Balaban J connectivity index is 2.27. The summed E-state index contributed by atoms with van der Waals surface area (Å²) in [4.78, 5) is 13.2. The number of urea groups is 1. The van der Waals surface area contributed by atoms with Crippen LogP contribution in [0.5, 0.6) is 0 Å². The minimum Gasteiger partial charge on any atom is -0.341 e. The molecular weight excluding hydrogens is 196 g/mol. The van der Waals surface area contributed by atoms with Gasteiger partial charge in [-0.15, -0.1) is 0 Å². The fourth-order valence-electron chi connectivity index (χ4n) is 1.74. The molecule has 3 nitrogen and oxygen atoms in total. The van der Waals surface area contributed by atoms with Crippen molar-refractivity contribution < 1.29 is 4.79 Å². The van der Waals surface area contributed by atoms with E-state index >= 15 is 0 Å². The second-order valence-corrected chi connectivity index (χ2v) is 5.81. The Morgan fingerprint density at radius 1 is 1.43 bits per heavy atom. The van der Waals surface area contributed by atoms with Crippen LogP contribution in [0.1, 0.15) is 26.7 Å². The number of nitrogens with one attached hydrogen (secondary N) is 1. The van der Waals surface area contributed by atoms with E-state index in [0.717, 1.165) is 31.2 Å². The molecule has 82 valence electrons. The maximum Gasteiger partial charge on any atom is 0.317 e. The summed E-state index contributed by atoms with van der Waals surface area (Å²) in [5.41, 5.74) is 0. The Morgan fingerprint density at radius 2 is 2.00 bits per heavy atom. The zero-order chi connectivity index (χ0) is 10.6. The molecule has 1 aliphatic rings. The van der Waals surface area contributed by atoms with E-state index in [2.05, 4.69) is 19.2 Å². The van der Waals surface area contributed by atoms with Crippen LogP contribution in [0.4, 0.5) is 4.79 Å². The van der Waals surface area contributed by atoms with Gasteiger partial charge in [-0.2, -0.15) is 11.8 Å². The lowest BCUT2D eigenvalue weighted by molar-refractivity contribution is 0.190. The van der Waals surface area contributed by atoms with Crippen molar-refractivity contribution in [1.29, 1.82) is 0 Å². The number of piperidine rings is 1. The predicted octanol–water partition coefficient (Wildman–Crippen LogP) is 1.93. The molecule has 14 heavy (non-hydrogen) atoms. The van der Waals surface area contributed by atoms with Crippen LogP contribution in [0.25, 0.3) is 0 Å². The van der Waals surface area contributed by atoms with Crippen LogP contribution in [0.3, 0.4) is 0 Å². The van der Waals surface area contributed by atoms with Gasteiger partial charge in [0, 0.05) is 25.4 Å². The lowest BCUT2D eigenvalue weighted by Crippen LogP contribution is -2.43. The van der Waals surface area contributed by atoms with Gasteiger partial charge in [-0.05, 0) is 18.1 Å². The van der Waals surface area contributed by atoms with Crippen LogP contribution < -0.4 is 5.32 Å². The molecule has 1 fully saturated rings. The van der Waals surface area contributed by atoms with Crippen LogP contribution in [-0.4, -0.2) is 41.6 Å². The van der Waals surface area contributed by atoms with E-state index < -0.39 is 0 Å². The summed E-state index contributed by atoms with van der Waals surface area (Å²) in [6.45, 7) is 6.28. The monoisotopic (exact) mass is 216 g/mol. The van der Waals surface area contributed by atoms with Crippen molar-refractivity contribution in [2.24, 2.45) is 0 Å². The Bertz CT molecular complexity index is 189. The summed E-state index contributed by atoms with van der Waals surface area (Å²) >= 11 is 2.04. The molecule has 1 heterocycles. The first kappa shape index (κ1) is 11.7. The highest BCUT2D eigenvalue weighted by Crippen LogP contribution is 2.26. The molecule has 0 aromatic carbocycles. The third-order valence-corrected chi connectivity index (χ3v) is 3.81. The maximum absolute atomic E-state index is 11.3. The van der Waals surface area contributed by atoms with Crippen molar-refractivity contribution in [3.8, 4) is 0 Å². The molecule has 0 aromatic rings. The molecule has 0 atom stereocenters. The quantitative estimate of drug-likeness (QED) is 0.765. The molecule has 0 aliphatic carbocycles. The fraction of sp³-hybridized carbons (Fsp3) is 0.900. The van der Waals surface area contributed by atoms with Crippen molar-refractivity contribution in [3.05, 3.63) is 0 Å². The molecule has 0 spiro atoms. The largest absolute Gasteiger partial charge is 0.341 e. The Kier molecular flexibility index (Phi) is 4.58. The Labute approximate surface area is 90.6 Å². The summed E-state index contributed by atoms with van der Waals surface area (Å²) in [7, 11) is 1.69. The fourth-order valence-corrected chi connectivity index (χ4v) is 2.99. The average molecular weight is 216 g/mol. The van der Waals surface area contributed by atoms with E-state index in [1.807, 2.05) is 16.7 Å². The number of amides is 2. The number of hydrogen-bond donors (Lipinski definition) is 1. The second kappa shape index (κ2) is 5.49. The highest BCUT2D eigenvalue weighted by atomic mass is 32.2. The van der Waals surface area contributed by atoms with E-state index in [1.165, 1.54) is 0 Å². The van der Waals surface area contributed by atoms with Crippen LogP contribution in [0.15, 0.2) is 0 Å². The SMILES string of the molecule is CNC(=O)N1CCC(SC(C)C)CC1. The first-order valence-corrected chi connectivity index (χ1v) is 6.20. The van der Waals surface area contributed by atoms with Gasteiger partial charge in [-0.25, -0.2) is 4.79 Å². The molecule has 1 N–H and O–H groups in total. The van der Waals surface area contributed by atoms with Gasteiger partial charge in [-0.3, -0.25) is 0 Å². The summed E-state index contributed by atoms with van der Waals surface area (Å²) in [5.74, 6) is 0. The van der Waals surface area contributed by atoms with E-state index in [9.17, 15) is 4.79 Å². The number of thioether (sulfide) groups is 1. The summed E-state index contributed by atoms with van der Waals surface area (Å²) in [5, 5.41) is 4.12. The highest BCUT2D eigenvalue weighted by Gasteiger charge is 2.22. The lowest BCUT2D eigenvalue weighted by atomic mass is 10.1. The third kappa shape index (κ3) is 3.40. The van der Waals surface area contributed by atoms with Crippen molar-refractivity contribution in [1.82, 2.24) is 10.2 Å². The van der Waals surface area contributed by atoms with Gasteiger partial charge in [0.1, 0.15) is 0 Å². The molecule has 2 amide bonds. The standard InChI is InChI=1S/C10H20N2OS/c1-8(2)14-9-4-6-12(7-5-9)10(13)11-3/h8-9H,4-7H2,1-3H3,(H,11,13). The van der Waals surface area contributed by atoms with Gasteiger partial charge in [0.05, 0.1) is 0 Å². The molecule has 0 aromatic heterocycles. The maximum atomic E-state index is 11.3. The molecule has 0 unspecified atom stereocenters. The molecule has 0 radical (unpaired) electrons. The van der Waals surface area contributed by atoms with Crippen LogP contribution >= 0.6 is 11.8 Å². The van der Waals surface area contributed by atoms with E-state index in [1.54, 1.807) is 7.05 Å². The zero-order valence-electron chi connectivity index (χ0n) is 9.25. The van der Waals surface area contributed by atoms with Crippen molar-refractivity contribution >= 4 is 17.8 Å². The highest BCUT2D eigenvalue weighted by molar-refractivity contribution is 8.00. The van der Waals surface area contributed by atoms with E-state index in [-0.39, 0.29) is 6.03 Å². The van der Waals surface area contributed by atoms with Crippen molar-refractivity contribution in [2.75, 3.05) is 20.1 Å². The third-order valence-electron chi connectivity index (χ3n) is 2.41. The van der Waals surface area contributed by atoms with Gasteiger partial charge in [0.25, 0.3) is 0 Å². The molecular formula is C10H20N2OS. The van der Waals surface area contributed by atoms with Crippen LogP contribution in [0.2, 0.25) is 0 Å². The minimum absolute atomic E-state index is 0.0676. The number of hydrogen-bond acceptors (Lipinski definition) is 2. The summed E-state index contributed by atoms with van der Waals surface area (Å²) in [6.07, 6.45) is 2.27. The number of likely N-dealkylation sites (tertiary alicyclic amines) is 1. The molecule has 0 bridgehead atoms. The van der Waals surface area contributed by atoms with Crippen molar-refractivity contribution in [2.45, 2.75) is 37.2 Å². The molecule has 0 saturated carbocycles. The Morgan fingerprint density at radius 3 is 2.43 bits per heavy atom. The number of nitrogens with zero attached hydrogens (tertiary/aromatic N) is 1. The van der Waals surface area contributed by atoms with Crippen LogP contribution in [-0.2, 0) is 0 Å². The summed E-state index contributed by atoms with van der Waals surface area (Å²) < 4.78 is 0. The number of rotatable bonds is 2. The Hall–Kier alpha value is -0.380. The summed E-state index contributed by atoms with van der Waals surface area (Å²) in [6, 6.07) is 0.0676. The first-order valence-electron chi connectivity index (χ1n) is 5.25. The first-order chi connectivity index (χ1) is 6.63. The number of carbonyl (C=O) groups is 1. The number of carbonyl (C=O) groups excluding carboxylic acids is 1. The van der Waals surface area contributed by atoms with E-state index in [4.69, 9.17) is 0 Å². The molecule has 1 rings (SSSR count). The average Bonchev–Trinajstić information content (AvgIpc) is 2.17. The van der Waals surface area contributed by atoms with Gasteiger partial charge in [-0.1, -0.05) is 13.8 Å². The van der Waals surface area contributed by atoms with Gasteiger partial charge in [0.15, 0.2) is 0 Å². The van der Waals surface area contributed by atoms with Gasteiger partial charge >= 0.3 is 6.03 Å². The van der Waals surface area contributed by atoms with E-state index in [0.29, 0.717) is 5.25 Å². The van der Waals surface area contributed by atoms with Gasteiger partial charge < -0.3 is 10.2 Å². The van der Waals surface area contributed by atoms with Crippen molar-refractivity contribution in [3.63, 3.8) is 0 Å². The second-order valence-electron chi connectivity index (χ2n) is 3.93. The van der Waals surface area contributed by atoms with Crippen LogP contribution in [0, 0.1) is 0 Å². The molecule has 4 heteroatoms. The smallest absolute Gasteiger partial charge is 0.317 e. The predicted molar refractivity (Wildman–Crippen MR) is 61.8 cm³/mol. The zero-order valence-corrected chi connectivity index (χ0v) is 10.1. The molecule has 1 aliphatic heterocycles.